The molecule has 0 saturated heterocycles. The van der Waals surface area contributed by atoms with E-state index < -0.39 is 0 Å². The second-order valence-corrected chi connectivity index (χ2v) is 6.77. The molecule has 1 aromatic heterocycles. The average molecular weight is 307 g/mol. The third-order valence-electron chi connectivity index (χ3n) is 5.14. The number of hydrogen-bond donors (Lipinski definition) is 0. The van der Waals surface area contributed by atoms with E-state index in [-0.39, 0.29) is 0 Å². The van der Waals surface area contributed by atoms with Gasteiger partial charge in [-0.2, -0.15) is 9.13 Å². The van der Waals surface area contributed by atoms with E-state index in [0.29, 0.717) is 0 Å². The Balaban J connectivity index is 2.85. The highest BCUT2D eigenvalue weighted by Crippen LogP contribution is 2.07. The smallest absolute Gasteiger partial charge is 0.190 e. The number of aromatic nitrogens is 2. The van der Waals surface area contributed by atoms with Crippen molar-refractivity contribution in [2.75, 3.05) is 0 Å². The van der Waals surface area contributed by atoms with Crippen LogP contribution < -0.4 is 9.13 Å². The SMILES string of the molecule is CCCCCC[n+]1c(C)c(C)[n+](CCCCCC)c(C)c1C. The van der Waals surface area contributed by atoms with Gasteiger partial charge in [0.2, 0.25) is 22.8 Å². The maximum absolute atomic E-state index is 2.54. The molecule has 0 saturated carbocycles. The summed E-state index contributed by atoms with van der Waals surface area (Å²) in [7, 11) is 0. The lowest BCUT2D eigenvalue weighted by molar-refractivity contribution is -0.766. The van der Waals surface area contributed by atoms with E-state index in [4.69, 9.17) is 0 Å². The van der Waals surface area contributed by atoms with E-state index in [9.17, 15) is 0 Å². The first-order chi connectivity index (χ1) is 10.5. The Kier molecular flexibility index (Phi) is 8.67. The van der Waals surface area contributed by atoms with Gasteiger partial charge in [-0.15, -0.1) is 0 Å². The molecule has 1 heterocycles. The van der Waals surface area contributed by atoms with Crippen molar-refractivity contribution in [3.63, 3.8) is 0 Å². The normalized spacial score (nSPS) is 11.2. The van der Waals surface area contributed by atoms with Gasteiger partial charge in [-0.05, 0) is 12.8 Å². The van der Waals surface area contributed by atoms with E-state index in [1.165, 1.54) is 87.2 Å². The summed E-state index contributed by atoms with van der Waals surface area (Å²) < 4.78 is 5.09. The van der Waals surface area contributed by atoms with E-state index in [2.05, 4.69) is 50.7 Å². The van der Waals surface area contributed by atoms with Gasteiger partial charge in [-0.1, -0.05) is 39.5 Å². The maximum Gasteiger partial charge on any atom is 0.245 e. The Bertz CT molecular complexity index is 391. The summed E-state index contributed by atoms with van der Waals surface area (Å²) in [6.07, 6.45) is 10.7. The Hall–Kier alpha value is -0.920. The minimum absolute atomic E-state index is 1.18. The fraction of sp³-hybridized carbons (Fsp3) is 0.800. The zero-order chi connectivity index (χ0) is 16.5. The summed E-state index contributed by atoms with van der Waals surface area (Å²) in [4.78, 5) is 0. The molecule has 2 heteroatoms. The fourth-order valence-electron chi connectivity index (χ4n) is 3.35. The first-order valence-corrected chi connectivity index (χ1v) is 9.44. The molecule has 1 rings (SSSR count). The number of hydrogen-bond acceptors (Lipinski definition) is 0. The Labute approximate surface area is 138 Å². The summed E-state index contributed by atoms with van der Waals surface area (Å²) in [5, 5.41) is 0. The van der Waals surface area contributed by atoms with Crippen LogP contribution in [-0.4, -0.2) is 0 Å². The zero-order valence-corrected chi connectivity index (χ0v) is 16.0. The van der Waals surface area contributed by atoms with E-state index in [1.54, 1.807) is 0 Å². The van der Waals surface area contributed by atoms with Crippen molar-refractivity contribution in [1.82, 2.24) is 0 Å². The molecular formula is C20H38N2+2. The summed E-state index contributed by atoms with van der Waals surface area (Å²) in [6, 6.07) is 0. The highest BCUT2D eigenvalue weighted by molar-refractivity contribution is 5.02. The first kappa shape index (κ1) is 19.1. The molecule has 2 nitrogen and oxygen atoms in total. The molecule has 0 aromatic carbocycles. The fourth-order valence-corrected chi connectivity index (χ4v) is 3.35. The van der Waals surface area contributed by atoms with Crippen LogP contribution in [0.5, 0.6) is 0 Å². The lowest BCUT2D eigenvalue weighted by atomic mass is 10.1. The minimum Gasteiger partial charge on any atom is -0.190 e. The molecule has 0 aliphatic heterocycles. The van der Waals surface area contributed by atoms with Gasteiger partial charge in [0.15, 0.2) is 0 Å². The second-order valence-electron chi connectivity index (χ2n) is 6.77. The quantitative estimate of drug-likeness (QED) is 0.439. The lowest BCUT2D eigenvalue weighted by Gasteiger charge is -2.10. The molecule has 126 valence electrons. The molecule has 0 spiro atoms. The summed E-state index contributed by atoms with van der Waals surface area (Å²) in [6.45, 7) is 16.1. The Morgan fingerprint density at radius 3 is 1.09 bits per heavy atom. The van der Waals surface area contributed by atoms with Crippen LogP contribution in [0.25, 0.3) is 0 Å². The highest BCUT2D eigenvalue weighted by atomic mass is 15.1. The third kappa shape index (κ3) is 5.07. The van der Waals surface area contributed by atoms with Crippen LogP contribution in [0, 0.1) is 27.7 Å². The molecule has 0 amide bonds. The molecule has 0 unspecified atom stereocenters. The third-order valence-corrected chi connectivity index (χ3v) is 5.14. The van der Waals surface area contributed by atoms with E-state index in [1.807, 2.05) is 0 Å². The van der Waals surface area contributed by atoms with Crippen molar-refractivity contribution >= 4 is 0 Å². The molecule has 0 radical (unpaired) electrons. The average Bonchev–Trinajstić information content (AvgIpc) is 2.51. The predicted octanol–water partition coefficient (Wildman–Crippen LogP) is 4.66. The number of rotatable bonds is 10. The Morgan fingerprint density at radius 2 is 0.818 bits per heavy atom. The molecule has 0 aliphatic rings. The molecule has 22 heavy (non-hydrogen) atoms. The van der Waals surface area contributed by atoms with E-state index >= 15 is 0 Å². The number of nitrogens with zero attached hydrogens (tertiary/aromatic N) is 2. The van der Waals surface area contributed by atoms with Crippen LogP contribution in [0.4, 0.5) is 0 Å². The molecular weight excluding hydrogens is 268 g/mol. The van der Waals surface area contributed by atoms with Gasteiger partial charge >= 0.3 is 0 Å². The molecule has 0 fully saturated rings. The van der Waals surface area contributed by atoms with Crippen LogP contribution >= 0.6 is 0 Å². The van der Waals surface area contributed by atoms with Crippen LogP contribution in [0.2, 0.25) is 0 Å². The summed E-state index contributed by atoms with van der Waals surface area (Å²) >= 11 is 0. The second kappa shape index (κ2) is 9.97. The molecule has 0 atom stereocenters. The van der Waals surface area contributed by atoms with E-state index in [0.717, 1.165) is 0 Å². The van der Waals surface area contributed by atoms with Gasteiger partial charge in [0.1, 0.15) is 13.1 Å². The maximum atomic E-state index is 2.54. The van der Waals surface area contributed by atoms with Crippen molar-refractivity contribution in [1.29, 1.82) is 0 Å². The Morgan fingerprint density at radius 1 is 0.500 bits per heavy atom. The molecule has 0 N–H and O–H groups in total. The monoisotopic (exact) mass is 306 g/mol. The predicted molar refractivity (Wildman–Crippen MR) is 94.1 cm³/mol. The van der Waals surface area contributed by atoms with Crippen molar-refractivity contribution in [3.05, 3.63) is 22.8 Å². The van der Waals surface area contributed by atoms with Crippen molar-refractivity contribution in [2.24, 2.45) is 0 Å². The van der Waals surface area contributed by atoms with Crippen molar-refractivity contribution < 1.29 is 9.13 Å². The topological polar surface area (TPSA) is 7.76 Å². The van der Waals surface area contributed by atoms with Gasteiger partial charge in [-0.25, -0.2) is 0 Å². The van der Waals surface area contributed by atoms with Crippen LogP contribution in [0.1, 0.15) is 88.0 Å². The lowest BCUT2D eigenvalue weighted by Crippen LogP contribution is -2.52. The van der Waals surface area contributed by atoms with Gasteiger partial charge in [-0.3, -0.25) is 0 Å². The first-order valence-electron chi connectivity index (χ1n) is 9.44. The van der Waals surface area contributed by atoms with Gasteiger partial charge in [0, 0.05) is 40.5 Å². The molecule has 0 aliphatic carbocycles. The standard InChI is InChI=1S/C20H38N2/c1-7-9-11-13-15-21-17(3)19(5)22(20(6)18(21)4)16-14-12-10-8-2/h7-16H2,1-6H3/q+2. The summed E-state index contributed by atoms with van der Waals surface area (Å²) in [5.41, 5.74) is 5.82. The van der Waals surface area contributed by atoms with Crippen LogP contribution in [-0.2, 0) is 13.1 Å². The van der Waals surface area contributed by atoms with Crippen molar-refractivity contribution in [3.8, 4) is 0 Å². The number of unbranched alkanes of at least 4 members (excludes halogenated alkanes) is 6. The minimum atomic E-state index is 1.18. The van der Waals surface area contributed by atoms with Crippen LogP contribution in [0.3, 0.4) is 0 Å². The highest BCUT2D eigenvalue weighted by Gasteiger charge is 2.27. The van der Waals surface area contributed by atoms with Gasteiger partial charge in [0.05, 0.1) is 0 Å². The molecule has 1 aromatic rings. The largest absolute Gasteiger partial charge is 0.245 e. The van der Waals surface area contributed by atoms with Crippen LogP contribution in [0.15, 0.2) is 0 Å². The molecule has 0 bridgehead atoms. The zero-order valence-electron chi connectivity index (χ0n) is 16.0. The van der Waals surface area contributed by atoms with Crippen molar-refractivity contribution in [2.45, 2.75) is 106 Å². The van der Waals surface area contributed by atoms with Gasteiger partial charge < -0.3 is 0 Å². The van der Waals surface area contributed by atoms with Gasteiger partial charge in [0.25, 0.3) is 0 Å². The summed E-state index contributed by atoms with van der Waals surface area (Å²) in [5.74, 6) is 0.